The van der Waals surface area contributed by atoms with Crippen molar-refractivity contribution >= 4 is 86.7 Å². The highest BCUT2D eigenvalue weighted by Crippen LogP contribution is 2.41. The molecule has 3 amide bonds. The Balaban J connectivity index is 1.56. The first-order valence-corrected chi connectivity index (χ1v) is 22.0. The molecule has 0 unspecified atom stereocenters. The molecule has 18 heteroatoms. The summed E-state index contributed by atoms with van der Waals surface area (Å²) < 4.78 is 33.6. The Morgan fingerprint density at radius 1 is 0.692 bits per heavy atom. The van der Waals surface area contributed by atoms with Crippen LogP contribution >= 0.6 is 45.8 Å². The average molecular weight is 1050 g/mol. The Morgan fingerprint density at radius 2 is 1.31 bits per heavy atom. The van der Waals surface area contributed by atoms with Gasteiger partial charge in [-0.3, -0.25) is 4.79 Å². The van der Waals surface area contributed by atoms with Crippen molar-refractivity contribution < 1.29 is 52.4 Å². The number of alkyl carbamates (subject to hydrolysis) is 2. The predicted octanol–water partition coefficient (Wildman–Crippen LogP) is 9.54. The van der Waals surface area contributed by atoms with E-state index in [1.54, 1.807) is 90.2 Å². The molecule has 0 aliphatic carbocycles. The van der Waals surface area contributed by atoms with Gasteiger partial charge in [0, 0.05) is 29.1 Å². The maximum absolute atomic E-state index is 14.5. The zero-order chi connectivity index (χ0) is 47.8. The van der Waals surface area contributed by atoms with Crippen molar-refractivity contribution in [3.63, 3.8) is 0 Å². The monoisotopic (exact) mass is 1040 g/mol. The van der Waals surface area contributed by atoms with Crippen molar-refractivity contribution in [1.29, 1.82) is 0 Å². The molecular formula is C47H51Cl2IN4O11. The maximum atomic E-state index is 14.5. The van der Waals surface area contributed by atoms with E-state index in [0.29, 0.717) is 42.5 Å². The molecule has 346 valence electrons. The number of benzene rings is 4. The van der Waals surface area contributed by atoms with E-state index in [9.17, 15) is 24.0 Å². The molecule has 0 aliphatic heterocycles. The highest BCUT2D eigenvalue weighted by atomic mass is 127. The molecule has 15 nitrogen and oxygen atoms in total. The lowest BCUT2D eigenvalue weighted by Crippen LogP contribution is -2.50. The minimum atomic E-state index is -1.43. The van der Waals surface area contributed by atoms with Crippen LogP contribution in [0.15, 0.2) is 79.0 Å². The van der Waals surface area contributed by atoms with Crippen LogP contribution in [0.25, 0.3) is 22.0 Å². The molecule has 0 fully saturated rings. The molecule has 1 heterocycles. The first-order chi connectivity index (χ1) is 30.6. The Labute approximate surface area is 400 Å². The molecule has 0 aliphatic rings. The van der Waals surface area contributed by atoms with E-state index in [-0.39, 0.29) is 34.4 Å². The van der Waals surface area contributed by atoms with Gasteiger partial charge in [0.2, 0.25) is 5.91 Å². The number of carbonyl (C=O) groups is 5. The van der Waals surface area contributed by atoms with Crippen molar-refractivity contribution in [2.45, 2.75) is 83.9 Å². The topological polar surface area (TPSA) is 193 Å². The highest BCUT2D eigenvalue weighted by molar-refractivity contribution is 14.1. The van der Waals surface area contributed by atoms with Crippen LogP contribution in [0.1, 0.15) is 75.9 Å². The van der Waals surface area contributed by atoms with E-state index in [2.05, 4.69) is 43.5 Å². The van der Waals surface area contributed by atoms with Crippen LogP contribution in [-0.2, 0) is 46.4 Å². The summed E-state index contributed by atoms with van der Waals surface area (Å²) in [5, 5.41) is 8.91. The number of aromatic amines is 1. The van der Waals surface area contributed by atoms with Crippen LogP contribution < -0.4 is 25.4 Å². The molecule has 0 saturated heterocycles. The summed E-state index contributed by atoms with van der Waals surface area (Å²) in [6.07, 6.45) is -0.112. The Bertz CT molecular complexity index is 2530. The van der Waals surface area contributed by atoms with E-state index in [1.807, 2.05) is 18.2 Å². The minimum absolute atomic E-state index is 0.0787. The molecule has 0 saturated carbocycles. The van der Waals surface area contributed by atoms with E-state index >= 15 is 0 Å². The number of nitrogens with one attached hydrogen (secondary N) is 4. The highest BCUT2D eigenvalue weighted by Gasteiger charge is 2.34. The summed E-state index contributed by atoms with van der Waals surface area (Å²) in [5.74, 6) is -1.65. The number of hydrogen-bond acceptors (Lipinski definition) is 11. The third kappa shape index (κ3) is 13.2. The minimum Gasteiger partial charge on any atom is -0.495 e. The van der Waals surface area contributed by atoms with Crippen LogP contribution in [-0.4, -0.2) is 73.6 Å². The smallest absolute Gasteiger partial charge is 0.408 e. The molecule has 65 heavy (non-hydrogen) atoms. The van der Waals surface area contributed by atoms with Gasteiger partial charge in [-0.2, -0.15) is 0 Å². The van der Waals surface area contributed by atoms with Crippen molar-refractivity contribution in [3.05, 3.63) is 115 Å². The Hall–Kier alpha value is -5.72. The number of H-pyrrole nitrogens is 1. The van der Waals surface area contributed by atoms with Crippen molar-refractivity contribution in [2.75, 3.05) is 21.3 Å². The Kier molecular flexibility index (Phi) is 16.6. The van der Waals surface area contributed by atoms with Crippen LogP contribution in [0.4, 0.5) is 9.59 Å². The summed E-state index contributed by atoms with van der Waals surface area (Å²) in [4.78, 5) is 71.1. The standard InChI is InChI=1S/C47H51Cl2IN4O11/c1-46(2,3)64-43(57)37(27-19-32(48)40(61-8)33(49)20-27)53-41(55)35(52-44(58)63-24-25-14-11-10-12-15-25)22-28-23-51-38-29(28)16-13-17-30(38)31-18-26(21-34(50)39(31)60-7)36(42(56)62-9)54-45(59)65-47(4,5)6/h10-21,23,35-37,51H,22,24H2,1-9H3,(H,52,58)(H,53,55)(H,54,59)/t35-,36-,37-/m1/s1. The van der Waals surface area contributed by atoms with Gasteiger partial charge in [0.05, 0.1) is 40.5 Å². The van der Waals surface area contributed by atoms with Gasteiger partial charge >= 0.3 is 24.1 Å². The third-order valence-corrected chi connectivity index (χ3v) is 10.9. The van der Waals surface area contributed by atoms with Gasteiger partial charge in [-0.1, -0.05) is 71.7 Å². The van der Waals surface area contributed by atoms with Crippen LogP contribution in [0, 0.1) is 3.57 Å². The number of esters is 2. The lowest BCUT2D eigenvalue weighted by atomic mass is 9.95. The molecule has 1 aromatic heterocycles. The van der Waals surface area contributed by atoms with Crippen molar-refractivity contribution in [3.8, 4) is 22.6 Å². The summed E-state index contributed by atoms with van der Waals surface area (Å²) in [7, 11) is 4.12. The number of amides is 3. The van der Waals surface area contributed by atoms with Gasteiger partial charge in [-0.05, 0) is 111 Å². The fourth-order valence-electron chi connectivity index (χ4n) is 6.78. The van der Waals surface area contributed by atoms with E-state index in [1.165, 1.54) is 33.5 Å². The number of hydrogen-bond donors (Lipinski definition) is 4. The van der Waals surface area contributed by atoms with Gasteiger partial charge in [0.15, 0.2) is 17.8 Å². The summed E-state index contributed by atoms with van der Waals surface area (Å²) >= 11 is 15.1. The largest absolute Gasteiger partial charge is 0.495 e. The maximum Gasteiger partial charge on any atom is 0.408 e. The van der Waals surface area contributed by atoms with Gasteiger partial charge in [-0.25, -0.2) is 19.2 Å². The van der Waals surface area contributed by atoms with Crippen LogP contribution in [0.5, 0.6) is 11.5 Å². The predicted molar refractivity (Wildman–Crippen MR) is 254 cm³/mol. The first kappa shape index (κ1) is 50.3. The summed E-state index contributed by atoms with van der Waals surface area (Å²) in [5.41, 5.74) is 1.94. The summed E-state index contributed by atoms with van der Waals surface area (Å²) in [6.45, 7) is 10.1. The second kappa shape index (κ2) is 21.5. The fraction of sp³-hybridized carbons (Fsp3) is 0.340. The third-order valence-electron chi connectivity index (χ3n) is 9.53. The van der Waals surface area contributed by atoms with Crippen LogP contribution in [0.3, 0.4) is 0 Å². The van der Waals surface area contributed by atoms with E-state index in [4.69, 9.17) is 51.6 Å². The van der Waals surface area contributed by atoms with Crippen molar-refractivity contribution in [2.24, 2.45) is 0 Å². The number of aromatic nitrogens is 1. The molecule has 5 aromatic rings. The zero-order valence-electron chi connectivity index (χ0n) is 37.3. The molecule has 4 N–H and O–H groups in total. The van der Waals surface area contributed by atoms with E-state index < -0.39 is 59.4 Å². The molecule has 5 rings (SSSR count). The number of fused-ring (bicyclic) bond motifs is 1. The Morgan fingerprint density at radius 3 is 1.91 bits per heavy atom. The fourth-order valence-corrected chi connectivity index (χ4v) is 8.30. The van der Waals surface area contributed by atoms with Crippen LogP contribution in [0.2, 0.25) is 10.0 Å². The lowest BCUT2D eigenvalue weighted by molar-refractivity contribution is -0.159. The number of methoxy groups -OCH3 is 3. The molecule has 0 bridgehead atoms. The number of rotatable bonds is 15. The SMILES string of the molecule is COC(=O)[C@H](NC(=O)OC(C)(C)C)c1cc(I)c(OC)c(-c2cccc3c(C[C@@H](NC(=O)OCc4ccccc4)C(=O)N[C@@H](C(=O)OC(C)(C)C)c4cc(Cl)c(OC)c(Cl)c4)c[nH]c23)c1. The molecule has 3 atom stereocenters. The van der Waals surface area contributed by atoms with Gasteiger partial charge in [-0.15, -0.1) is 0 Å². The number of para-hydroxylation sites is 1. The number of ether oxygens (including phenoxy) is 6. The summed E-state index contributed by atoms with van der Waals surface area (Å²) in [6, 6.07) is 16.8. The van der Waals surface area contributed by atoms with Gasteiger partial charge < -0.3 is 49.4 Å². The molecular weight excluding hydrogens is 994 g/mol. The second-order valence-electron chi connectivity index (χ2n) is 16.7. The first-order valence-electron chi connectivity index (χ1n) is 20.2. The van der Waals surface area contributed by atoms with E-state index in [0.717, 1.165) is 5.56 Å². The number of carbonyl (C=O) groups excluding carboxylic acids is 5. The number of halogens is 3. The van der Waals surface area contributed by atoms with Gasteiger partial charge in [0.25, 0.3) is 0 Å². The van der Waals surface area contributed by atoms with Gasteiger partial charge in [0.1, 0.15) is 29.6 Å². The average Bonchev–Trinajstić information content (AvgIpc) is 3.64. The lowest BCUT2D eigenvalue weighted by Gasteiger charge is -2.27. The quantitative estimate of drug-likeness (QED) is 0.0444. The normalized spacial score (nSPS) is 12.9. The molecule has 0 radical (unpaired) electrons. The second-order valence-corrected chi connectivity index (χ2v) is 18.7. The molecule has 0 spiro atoms. The zero-order valence-corrected chi connectivity index (χ0v) is 40.9. The van der Waals surface area contributed by atoms with Crippen molar-refractivity contribution in [1.82, 2.24) is 20.9 Å². The molecule has 4 aromatic carbocycles.